The molecular weight excluding hydrogens is 390 g/mol. The highest BCUT2D eigenvalue weighted by Crippen LogP contribution is 2.63. The minimum absolute atomic E-state index is 0.221. The minimum Gasteiger partial charge on any atom is -0.335 e. The van der Waals surface area contributed by atoms with Gasteiger partial charge in [0.05, 0.1) is 11.4 Å². The maximum atomic E-state index is 3.80. The van der Waals surface area contributed by atoms with Crippen molar-refractivity contribution in [1.29, 1.82) is 0 Å². The van der Waals surface area contributed by atoms with Gasteiger partial charge in [-0.2, -0.15) is 0 Å². The summed E-state index contributed by atoms with van der Waals surface area (Å²) in [4.78, 5) is 4.85. The number of fused-ring (bicyclic) bond motifs is 1. The fourth-order valence-corrected chi connectivity index (χ4v) is 11.3. The van der Waals surface area contributed by atoms with Crippen molar-refractivity contribution >= 4 is 27.2 Å². The van der Waals surface area contributed by atoms with Crippen molar-refractivity contribution in [3.05, 3.63) is 30.9 Å². The zero-order valence-electron chi connectivity index (χ0n) is 21.0. The summed E-state index contributed by atoms with van der Waals surface area (Å²) in [6.07, 6.45) is 2.14. The minimum atomic E-state index is -0.221. The van der Waals surface area contributed by atoms with E-state index in [0.717, 1.165) is 12.6 Å². The Morgan fingerprint density at radius 1 is 0.586 bits per heavy atom. The molecule has 0 spiro atoms. The van der Waals surface area contributed by atoms with Crippen molar-refractivity contribution in [1.82, 2.24) is 0 Å². The Balaban J connectivity index is 2.34. The van der Waals surface area contributed by atoms with E-state index < -0.39 is 0 Å². The van der Waals surface area contributed by atoms with Gasteiger partial charge in [-0.05, 0) is 32.8 Å². The number of rotatable bonds is 4. The van der Waals surface area contributed by atoms with Crippen molar-refractivity contribution in [2.75, 3.05) is 22.4 Å². The summed E-state index contributed by atoms with van der Waals surface area (Å²) in [6.45, 7) is 32.7. The standard InChI is InChI=1S/C25H44N2P2/c1-22(2,3)28(23(4,5)6)18-26-17-27(21-16-14-13-15-20(21)26)19-29(24(7,8)9)25(10,11)12/h13-16H,18-19H2,1-12H3. The van der Waals surface area contributed by atoms with E-state index in [4.69, 9.17) is 0 Å². The topological polar surface area (TPSA) is 6.48 Å². The molecule has 1 aromatic rings. The maximum absolute atomic E-state index is 3.80. The summed E-state index contributed by atoms with van der Waals surface area (Å²) in [7, 11) is -0.441. The van der Waals surface area contributed by atoms with Gasteiger partial charge in [-0.1, -0.05) is 111 Å². The summed E-state index contributed by atoms with van der Waals surface area (Å²) in [5, 5.41) is 1.23. The number of hydrogen-bond acceptors (Lipinski definition) is 2. The quantitative estimate of drug-likeness (QED) is 0.439. The van der Waals surface area contributed by atoms with Crippen LogP contribution in [0.15, 0.2) is 24.3 Å². The highest BCUT2D eigenvalue weighted by Gasteiger charge is 2.41. The Kier molecular flexibility index (Phi) is 7.15. The third-order valence-electron chi connectivity index (χ3n) is 5.51. The molecule has 0 aliphatic carbocycles. The highest BCUT2D eigenvalue weighted by atomic mass is 31.1. The second-order valence-corrected chi connectivity index (χ2v) is 19.9. The molecule has 1 aliphatic rings. The third-order valence-corrected chi connectivity index (χ3v) is 13.1. The number of anilines is 2. The molecule has 29 heavy (non-hydrogen) atoms. The first-order valence-corrected chi connectivity index (χ1v) is 13.9. The van der Waals surface area contributed by atoms with Gasteiger partial charge in [0.2, 0.25) is 6.67 Å². The van der Waals surface area contributed by atoms with Crippen LogP contribution >= 0.6 is 15.8 Å². The monoisotopic (exact) mass is 434 g/mol. The average molecular weight is 435 g/mol. The van der Waals surface area contributed by atoms with E-state index in [-0.39, 0.29) is 15.8 Å². The predicted octanol–water partition coefficient (Wildman–Crippen LogP) is 8.38. The van der Waals surface area contributed by atoms with Crippen molar-refractivity contribution in [2.24, 2.45) is 0 Å². The predicted molar refractivity (Wildman–Crippen MR) is 137 cm³/mol. The molecule has 0 saturated heterocycles. The van der Waals surface area contributed by atoms with Gasteiger partial charge in [0.15, 0.2) is 0 Å². The molecule has 2 nitrogen and oxygen atoms in total. The Labute approximate surface area is 184 Å². The number of nitrogens with zero attached hydrogens (tertiary/aromatic N) is 2. The molecule has 0 amide bonds. The van der Waals surface area contributed by atoms with E-state index >= 15 is 0 Å². The smallest absolute Gasteiger partial charge is 0.209 e. The van der Waals surface area contributed by atoms with Crippen LogP contribution < -0.4 is 9.80 Å². The molecule has 2 rings (SSSR count). The van der Waals surface area contributed by atoms with E-state index in [1.54, 1.807) is 0 Å². The first kappa shape index (κ1) is 24.9. The number of para-hydroxylation sites is 2. The molecule has 1 aliphatic heterocycles. The molecule has 1 aromatic carbocycles. The van der Waals surface area contributed by atoms with Gasteiger partial charge < -0.3 is 9.80 Å². The van der Waals surface area contributed by atoms with E-state index in [1.165, 1.54) is 11.4 Å². The molecule has 1 heterocycles. The van der Waals surface area contributed by atoms with Gasteiger partial charge in [-0.15, -0.1) is 0 Å². The van der Waals surface area contributed by atoms with Crippen LogP contribution in [0.4, 0.5) is 11.4 Å². The number of hydrogen-bond donors (Lipinski definition) is 0. The van der Waals surface area contributed by atoms with Crippen LogP contribution in [0.1, 0.15) is 83.1 Å². The van der Waals surface area contributed by atoms with Gasteiger partial charge in [0, 0.05) is 12.6 Å². The van der Waals surface area contributed by atoms with Crippen LogP contribution in [0.25, 0.3) is 0 Å². The van der Waals surface area contributed by atoms with Crippen molar-refractivity contribution in [3.8, 4) is 0 Å². The molecule has 164 valence electrons. The zero-order valence-corrected chi connectivity index (χ0v) is 22.8. The summed E-state index contributed by atoms with van der Waals surface area (Å²) < 4.78 is 0. The summed E-state index contributed by atoms with van der Waals surface area (Å²) in [5.74, 6) is 0. The Bertz CT molecular complexity index is 599. The first-order valence-electron chi connectivity index (χ1n) is 10.9. The molecule has 0 saturated carbocycles. The van der Waals surface area contributed by atoms with E-state index in [1.807, 2.05) is 0 Å². The third kappa shape index (κ3) is 6.11. The molecule has 4 heteroatoms. The maximum Gasteiger partial charge on any atom is 0.209 e. The van der Waals surface area contributed by atoms with Crippen LogP contribution in [0.5, 0.6) is 0 Å². The van der Waals surface area contributed by atoms with E-state index in [0.29, 0.717) is 20.6 Å². The van der Waals surface area contributed by atoms with Gasteiger partial charge in [0.25, 0.3) is 0 Å². The lowest BCUT2D eigenvalue weighted by molar-refractivity contribution is 0.698. The molecule has 0 aromatic heterocycles. The molecule has 0 atom stereocenters. The second-order valence-electron chi connectivity index (χ2n) is 12.3. The van der Waals surface area contributed by atoms with Crippen LogP contribution in [0, 0.1) is 6.67 Å². The fraction of sp³-hybridized carbons (Fsp3) is 0.720. The molecule has 0 fully saturated rings. The van der Waals surface area contributed by atoms with Crippen molar-refractivity contribution in [2.45, 2.75) is 104 Å². The van der Waals surface area contributed by atoms with Crippen LogP contribution in [-0.2, 0) is 0 Å². The van der Waals surface area contributed by atoms with Crippen LogP contribution in [0.3, 0.4) is 0 Å². The highest BCUT2D eigenvalue weighted by molar-refractivity contribution is 7.61. The SMILES string of the molecule is CC(C)(C)P(CN1[C]N(CP(C(C)(C)C)C(C)(C)C)c2ccccc21)C(C)(C)C. The van der Waals surface area contributed by atoms with E-state index in [9.17, 15) is 0 Å². The largest absolute Gasteiger partial charge is 0.335 e. The first-order chi connectivity index (χ1) is 12.9. The summed E-state index contributed by atoms with van der Waals surface area (Å²) in [5.41, 5.74) is 2.65. The fourth-order valence-electron chi connectivity index (χ4n) is 4.53. The lowest BCUT2D eigenvalue weighted by Gasteiger charge is -2.44. The molecule has 2 radical (unpaired) electrons. The van der Waals surface area contributed by atoms with Gasteiger partial charge in [-0.3, -0.25) is 0 Å². The lowest BCUT2D eigenvalue weighted by atomic mass is 10.2. The summed E-state index contributed by atoms with van der Waals surface area (Å²) >= 11 is 0. The van der Waals surface area contributed by atoms with Crippen molar-refractivity contribution in [3.63, 3.8) is 0 Å². The molecular formula is C25H44N2P2. The normalized spacial score (nSPS) is 16.2. The Hall–Kier alpha value is -0.320. The van der Waals surface area contributed by atoms with E-state index in [2.05, 4.69) is 124 Å². The van der Waals surface area contributed by atoms with Crippen LogP contribution in [-0.4, -0.2) is 33.2 Å². The molecule has 0 unspecified atom stereocenters. The Morgan fingerprint density at radius 2 is 0.862 bits per heavy atom. The molecule has 0 bridgehead atoms. The summed E-state index contributed by atoms with van der Waals surface area (Å²) in [6, 6.07) is 8.89. The molecule has 0 N–H and O–H groups in total. The average Bonchev–Trinajstić information content (AvgIpc) is 2.84. The zero-order chi connectivity index (χ0) is 22.4. The lowest BCUT2D eigenvalue weighted by Crippen LogP contribution is -2.36. The number of benzene rings is 1. The van der Waals surface area contributed by atoms with Gasteiger partial charge >= 0.3 is 0 Å². The second kappa shape index (κ2) is 8.31. The van der Waals surface area contributed by atoms with Crippen molar-refractivity contribution < 1.29 is 0 Å². The van der Waals surface area contributed by atoms with Gasteiger partial charge in [0.1, 0.15) is 0 Å². The van der Waals surface area contributed by atoms with Crippen LogP contribution in [0.2, 0.25) is 0 Å². The van der Waals surface area contributed by atoms with Gasteiger partial charge in [-0.25, -0.2) is 0 Å². The Morgan fingerprint density at radius 3 is 1.10 bits per heavy atom.